The molecule has 0 fully saturated rings. The van der Waals surface area contributed by atoms with Crippen molar-refractivity contribution in [1.29, 1.82) is 0 Å². The molecule has 0 radical (unpaired) electrons. The molecule has 4 rings (SSSR count). The average molecular weight is 391 g/mol. The number of aryl methyl sites for hydroxylation is 1. The Bertz CT molecular complexity index is 984. The summed E-state index contributed by atoms with van der Waals surface area (Å²) in [5.74, 6) is 2.07. The lowest BCUT2D eigenvalue weighted by Crippen LogP contribution is -2.34. The van der Waals surface area contributed by atoms with Crippen LogP contribution in [-0.4, -0.2) is 33.6 Å². The Balaban J connectivity index is 1.67. The molecule has 1 aliphatic heterocycles. The van der Waals surface area contributed by atoms with Crippen molar-refractivity contribution in [2.45, 2.75) is 25.9 Å². The van der Waals surface area contributed by atoms with E-state index in [9.17, 15) is 4.79 Å². The van der Waals surface area contributed by atoms with Crippen LogP contribution in [-0.2, 0) is 13.6 Å². The van der Waals surface area contributed by atoms with Crippen molar-refractivity contribution in [3.63, 3.8) is 0 Å². The van der Waals surface area contributed by atoms with Gasteiger partial charge >= 0.3 is 0 Å². The number of ether oxygens (including phenoxy) is 2. The van der Waals surface area contributed by atoms with Crippen molar-refractivity contribution >= 4 is 5.91 Å². The molecule has 2 heterocycles. The van der Waals surface area contributed by atoms with Crippen LogP contribution in [0.5, 0.6) is 11.5 Å². The fourth-order valence-corrected chi connectivity index (χ4v) is 3.46. The summed E-state index contributed by atoms with van der Waals surface area (Å²) < 4.78 is 13.4. The highest BCUT2D eigenvalue weighted by Crippen LogP contribution is 2.32. The van der Waals surface area contributed by atoms with E-state index in [2.05, 4.69) is 4.98 Å². The number of fused-ring (bicyclic) bond motifs is 1. The van der Waals surface area contributed by atoms with Gasteiger partial charge in [0.15, 0.2) is 11.5 Å². The predicted molar refractivity (Wildman–Crippen MR) is 110 cm³/mol. The number of nitrogens with zero attached hydrogens (tertiary/aromatic N) is 3. The predicted octanol–water partition coefficient (Wildman–Crippen LogP) is 3.99. The molecule has 6 nitrogen and oxygen atoms in total. The summed E-state index contributed by atoms with van der Waals surface area (Å²) in [5.41, 5.74) is 1.65. The number of aromatic nitrogens is 2. The molecular formula is C23H25N3O3. The Morgan fingerprint density at radius 2 is 1.90 bits per heavy atom. The van der Waals surface area contributed by atoms with Gasteiger partial charge in [-0.3, -0.25) is 4.79 Å². The number of hydrogen-bond donors (Lipinski definition) is 0. The summed E-state index contributed by atoms with van der Waals surface area (Å²) in [4.78, 5) is 19.8. The van der Waals surface area contributed by atoms with Crippen molar-refractivity contribution in [2.75, 3.05) is 13.2 Å². The van der Waals surface area contributed by atoms with E-state index in [0.29, 0.717) is 36.8 Å². The second kappa shape index (κ2) is 8.39. The normalized spacial score (nSPS) is 14.1. The number of hydrogen-bond acceptors (Lipinski definition) is 4. The van der Waals surface area contributed by atoms with E-state index in [4.69, 9.17) is 9.47 Å². The zero-order valence-corrected chi connectivity index (χ0v) is 16.7. The lowest BCUT2D eigenvalue weighted by atomic mass is 10.1. The quantitative estimate of drug-likeness (QED) is 0.660. The van der Waals surface area contributed by atoms with Gasteiger partial charge in [0.05, 0.1) is 25.8 Å². The van der Waals surface area contributed by atoms with Crippen LogP contribution in [0, 0.1) is 0 Å². The standard InChI is InChI=1S/C23H25N3O3/c1-17(18-7-4-3-5-8-18)26(16-22-24-11-12-25(22)2)23(27)19-9-10-20-21(15-19)29-14-6-13-28-20/h3-5,7-12,15,17H,6,13-14,16H2,1-2H3/t17-/m1/s1. The van der Waals surface area contributed by atoms with Gasteiger partial charge < -0.3 is 18.9 Å². The molecule has 0 unspecified atom stereocenters. The van der Waals surface area contributed by atoms with Crippen LogP contribution in [0.4, 0.5) is 0 Å². The van der Waals surface area contributed by atoms with Gasteiger partial charge in [0.25, 0.3) is 5.91 Å². The molecule has 1 amide bonds. The van der Waals surface area contributed by atoms with Crippen LogP contribution in [0.2, 0.25) is 0 Å². The number of carbonyl (C=O) groups is 1. The zero-order chi connectivity index (χ0) is 20.2. The minimum Gasteiger partial charge on any atom is -0.490 e. The molecule has 1 aliphatic rings. The van der Waals surface area contributed by atoms with E-state index in [1.807, 2.05) is 66.0 Å². The minimum absolute atomic E-state index is 0.0694. The summed E-state index contributed by atoms with van der Waals surface area (Å²) in [5, 5.41) is 0. The first-order chi connectivity index (χ1) is 14.1. The maximum Gasteiger partial charge on any atom is 0.254 e. The highest BCUT2D eigenvalue weighted by Gasteiger charge is 2.25. The second-order valence-electron chi connectivity index (χ2n) is 7.19. The highest BCUT2D eigenvalue weighted by molar-refractivity contribution is 5.95. The van der Waals surface area contributed by atoms with Gasteiger partial charge in [-0.15, -0.1) is 0 Å². The van der Waals surface area contributed by atoms with Gasteiger partial charge in [0.2, 0.25) is 0 Å². The van der Waals surface area contributed by atoms with Crippen LogP contribution < -0.4 is 9.47 Å². The molecule has 0 bridgehead atoms. The monoisotopic (exact) mass is 391 g/mol. The second-order valence-corrected chi connectivity index (χ2v) is 7.19. The first-order valence-electron chi connectivity index (χ1n) is 9.85. The van der Waals surface area contributed by atoms with Crippen LogP contribution >= 0.6 is 0 Å². The molecule has 29 heavy (non-hydrogen) atoms. The highest BCUT2D eigenvalue weighted by atomic mass is 16.5. The van der Waals surface area contributed by atoms with E-state index in [-0.39, 0.29) is 11.9 Å². The molecule has 0 N–H and O–H groups in total. The van der Waals surface area contributed by atoms with Crippen molar-refractivity contribution in [1.82, 2.24) is 14.5 Å². The van der Waals surface area contributed by atoms with Crippen molar-refractivity contribution in [3.8, 4) is 11.5 Å². The van der Waals surface area contributed by atoms with Crippen LogP contribution in [0.1, 0.15) is 41.1 Å². The summed E-state index contributed by atoms with van der Waals surface area (Å²) in [7, 11) is 1.94. The number of benzene rings is 2. The molecule has 6 heteroatoms. The van der Waals surface area contributed by atoms with Gasteiger partial charge in [-0.25, -0.2) is 4.98 Å². The van der Waals surface area contributed by atoms with E-state index >= 15 is 0 Å². The van der Waals surface area contributed by atoms with E-state index < -0.39 is 0 Å². The van der Waals surface area contributed by atoms with Gasteiger partial charge in [-0.1, -0.05) is 30.3 Å². The third kappa shape index (κ3) is 4.11. The number of amides is 1. The molecule has 150 valence electrons. The van der Waals surface area contributed by atoms with Gasteiger partial charge in [0, 0.05) is 31.4 Å². The zero-order valence-electron chi connectivity index (χ0n) is 16.7. The van der Waals surface area contributed by atoms with Crippen LogP contribution in [0.25, 0.3) is 0 Å². The average Bonchev–Trinajstić information content (AvgIpc) is 3.01. The topological polar surface area (TPSA) is 56.6 Å². The van der Waals surface area contributed by atoms with E-state index in [0.717, 1.165) is 17.8 Å². The Morgan fingerprint density at radius 3 is 2.62 bits per heavy atom. The Labute approximate surface area is 170 Å². The summed E-state index contributed by atoms with van der Waals surface area (Å²) >= 11 is 0. The maximum absolute atomic E-state index is 13.6. The molecule has 1 aromatic heterocycles. The first-order valence-corrected chi connectivity index (χ1v) is 9.85. The molecule has 1 atom stereocenters. The Morgan fingerprint density at radius 1 is 1.14 bits per heavy atom. The molecule has 3 aromatic rings. The number of imidazole rings is 1. The van der Waals surface area contributed by atoms with E-state index in [1.165, 1.54) is 0 Å². The first kappa shape index (κ1) is 19.1. The molecule has 0 spiro atoms. The van der Waals surface area contributed by atoms with Gasteiger partial charge in [-0.2, -0.15) is 0 Å². The number of carbonyl (C=O) groups excluding carboxylic acids is 1. The largest absolute Gasteiger partial charge is 0.490 e. The van der Waals surface area contributed by atoms with Crippen LogP contribution in [0.3, 0.4) is 0 Å². The molecular weight excluding hydrogens is 366 g/mol. The minimum atomic E-state index is -0.114. The lowest BCUT2D eigenvalue weighted by Gasteiger charge is -2.30. The molecule has 0 saturated carbocycles. The van der Waals surface area contributed by atoms with Crippen molar-refractivity contribution in [2.24, 2.45) is 7.05 Å². The summed E-state index contributed by atoms with van der Waals surface area (Å²) in [6, 6.07) is 15.3. The summed E-state index contributed by atoms with van der Waals surface area (Å²) in [6.45, 7) is 3.66. The molecule has 0 aliphatic carbocycles. The summed E-state index contributed by atoms with van der Waals surface area (Å²) in [6.07, 6.45) is 4.46. The SMILES string of the molecule is C[C@H](c1ccccc1)N(Cc1nccn1C)C(=O)c1ccc2c(c1)OCCCO2. The maximum atomic E-state index is 13.6. The van der Waals surface area contributed by atoms with Crippen molar-refractivity contribution in [3.05, 3.63) is 77.9 Å². The van der Waals surface area contributed by atoms with E-state index in [1.54, 1.807) is 18.3 Å². The number of rotatable bonds is 5. The lowest BCUT2D eigenvalue weighted by molar-refractivity contribution is 0.0666. The fourth-order valence-electron chi connectivity index (χ4n) is 3.46. The molecule has 2 aromatic carbocycles. The van der Waals surface area contributed by atoms with Gasteiger partial charge in [0.1, 0.15) is 5.82 Å². The smallest absolute Gasteiger partial charge is 0.254 e. The Hall–Kier alpha value is -3.28. The van der Waals surface area contributed by atoms with Gasteiger partial charge in [-0.05, 0) is 30.7 Å². The Kier molecular flexibility index (Phi) is 5.51. The van der Waals surface area contributed by atoms with Crippen molar-refractivity contribution < 1.29 is 14.3 Å². The molecule has 0 saturated heterocycles. The third-order valence-corrected chi connectivity index (χ3v) is 5.24. The third-order valence-electron chi connectivity index (χ3n) is 5.24. The van der Waals surface area contributed by atoms with Crippen LogP contribution in [0.15, 0.2) is 60.9 Å². The fraction of sp³-hybridized carbons (Fsp3) is 0.304.